The molecule has 1 aliphatic heterocycles. The fourth-order valence-electron chi connectivity index (χ4n) is 3.64. The standard InChI is InChI=1S/C25H18ClN3/c26-21-13-7-12-20(16-21)25-28-22(18-8-1-2-9-18)17-23(19-10-3-4-11-19)29(25)24-14-5-6-15-27-24/h1-17,22H. The van der Waals surface area contributed by atoms with Crippen molar-refractivity contribution < 1.29 is 0 Å². The number of aliphatic imine (C=N–C) groups is 1. The van der Waals surface area contributed by atoms with E-state index in [-0.39, 0.29) is 6.04 Å². The summed E-state index contributed by atoms with van der Waals surface area (Å²) >= 11 is 6.33. The summed E-state index contributed by atoms with van der Waals surface area (Å²) in [4.78, 5) is 11.9. The average molecular weight is 396 g/mol. The number of anilines is 1. The van der Waals surface area contributed by atoms with Crippen LogP contribution in [0.2, 0.25) is 5.02 Å². The van der Waals surface area contributed by atoms with Gasteiger partial charge >= 0.3 is 0 Å². The lowest BCUT2D eigenvalue weighted by atomic mass is 9.91. The Bertz CT molecular complexity index is 909. The van der Waals surface area contributed by atoms with Gasteiger partial charge in [0.2, 0.25) is 0 Å². The SMILES string of the molecule is Clc1cccc(C2=NC([C]3[CH][CH][CH][CH]3)C=C([C]3[CH][CH][CH][CH]3)N2c2ccccn2)c1. The fraction of sp³-hybridized carbons (Fsp3) is 0.0400. The van der Waals surface area contributed by atoms with Crippen LogP contribution in [0.3, 0.4) is 0 Å². The molecule has 0 spiro atoms. The van der Waals surface area contributed by atoms with Crippen LogP contribution in [0.25, 0.3) is 0 Å². The Morgan fingerprint density at radius 3 is 2.38 bits per heavy atom. The molecule has 2 aromatic rings. The molecule has 140 valence electrons. The van der Waals surface area contributed by atoms with Gasteiger partial charge in [0.05, 0.1) is 6.04 Å². The number of nitrogens with zero attached hydrogens (tertiary/aromatic N) is 3. The first-order valence-corrected chi connectivity index (χ1v) is 9.88. The molecule has 2 saturated carbocycles. The molecule has 3 aliphatic rings. The molecule has 4 heteroatoms. The Kier molecular flexibility index (Phi) is 5.41. The summed E-state index contributed by atoms with van der Waals surface area (Å²) in [5.41, 5.74) is 2.02. The fourth-order valence-corrected chi connectivity index (χ4v) is 3.83. The quantitative estimate of drug-likeness (QED) is 0.723. The molecule has 10 radical (unpaired) electrons. The number of pyridine rings is 1. The van der Waals surface area contributed by atoms with Gasteiger partial charge < -0.3 is 0 Å². The van der Waals surface area contributed by atoms with Crippen molar-refractivity contribution >= 4 is 23.3 Å². The molecule has 0 saturated heterocycles. The largest absolute Gasteiger partial charge is 0.282 e. The number of hydrogen-bond donors (Lipinski definition) is 0. The molecule has 2 heterocycles. The topological polar surface area (TPSA) is 28.5 Å². The number of rotatable bonds is 4. The van der Waals surface area contributed by atoms with E-state index in [1.54, 1.807) is 6.20 Å². The summed E-state index contributed by atoms with van der Waals surface area (Å²) in [7, 11) is 0. The van der Waals surface area contributed by atoms with Crippen molar-refractivity contribution in [3.8, 4) is 0 Å². The lowest BCUT2D eigenvalue weighted by Gasteiger charge is -2.36. The summed E-state index contributed by atoms with van der Waals surface area (Å²) in [5, 5.41) is 0.681. The van der Waals surface area contributed by atoms with Gasteiger partial charge in [-0.3, -0.25) is 9.89 Å². The summed E-state index contributed by atoms with van der Waals surface area (Å²) in [6.07, 6.45) is 20.7. The van der Waals surface area contributed by atoms with Crippen LogP contribution in [0.15, 0.2) is 65.4 Å². The molecule has 5 rings (SSSR count). The Balaban J connectivity index is 1.64. The van der Waals surface area contributed by atoms with Crippen LogP contribution < -0.4 is 4.90 Å². The number of amidine groups is 1. The Hall–Kier alpha value is -2.13. The third-order valence-electron chi connectivity index (χ3n) is 4.98. The molecule has 1 aromatic heterocycles. The zero-order valence-electron chi connectivity index (χ0n) is 15.6. The molecule has 2 fully saturated rings. The molecule has 1 unspecified atom stereocenters. The smallest absolute Gasteiger partial charge is 0.141 e. The van der Waals surface area contributed by atoms with Crippen LogP contribution in [0, 0.1) is 63.2 Å². The molecular weight excluding hydrogens is 378 g/mol. The van der Waals surface area contributed by atoms with E-state index < -0.39 is 0 Å². The lowest BCUT2D eigenvalue weighted by molar-refractivity contribution is 0.837. The van der Waals surface area contributed by atoms with Gasteiger partial charge in [0.1, 0.15) is 11.7 Å². The maximum atomic E-state index is 6.33. The van der Waals surface area contributed by atoms with Crippen molar-refractivity contribution in [2.75, 3.05) is 4.90 Å². The molecule has 1 aromatic carbocycles. The average Bonchev–Trinajstić information content (AvgIpc) is 3.48. The zero-order valence-corrected chi connectivity index (χ0v) is 16.4. The van der Waals surface area contributed by atoms with E-state index in [9.17, 15) is 0 Å². The first kappa shape index (κ1) is 18.9. The van der Waals surface area contributed by atoms with Crippen molar-refractivity contribution in [3.05, 3.63) is 134 Å². The molecule has 2 aliphatic carbocycles. The van der Waals surface area contributed by atoms with E-state index in [1.165, 1.54) is 0 Å². The van der Waals surface area contributed by atoms with E-state index in [0.29, 0.717) is 5.02 Å². The molecule has 0 bridgehead atoms. The van der Waals surface area contributed by atoms with Crippen molar-refractivity contribution in [1.82, 2.24) is 4.98 Å². The normalized spacial score (nSPS) is 23.3. The maximum absolute atomic E-state index is 6.33. The van der Waals surface area contributed by atoms with Crippen LogP contribution in [-0.2, 0) is 0 Å². The van der Waals surface area contributed by atoms with Crippen LogP contribution in [0.4, 0.5) is 5.82 Å². The van der Waals surface area contributed by atoms with Crippen molar-refractivity contribution in [2.24, 2.45) is 4.99 Å². The molecule has 1 atom stereocenters. The minimum atomic E-state index is -0.0798. The highest BCUT2D eigenvalue weighted by Crippen LogP contribution is 2.40. The second kappa shape index (κ2) is 8.31. The van der Waals surface area contributed by atoms with Gasteiger partial charge in [0.25, 0.3) is 0 Å². The van der Waals surface area contributed by atoms with Gasteiger partial charge in [0.15, 0.2) is 0 Å². The number of benzene rings is 1. The van der Waals surface area contributed by atoms with Gasteiger partial charge in [-0.25, -0.2) is 4.98 Å². The van der Waals surface area contributed by atoms with E-state index in [2.05, 4.69) is 54.5 Å². The van der Waals surface area contributed by atoms with Crippen LogP contribution >= 0.6 is 11.6 Å². The molecular formula is C25H18ClN3. The van der Waals surface area contributed by atoms with E-state index in [0.717, 1.165) is 34.7 Å². The highest BCUT2D eigenvalue weighted by atomic mass is 35.5. The van der Waals surface area contributed by atoms with Crippen LogP contribution in [0.5, 0.6) is 0 Å². The highest BCUT2D eigenvalue weighted by Gasteiger charge is 2.36. The second-order valence-corrected chi connectivity index (χ2v) is 7.31. The maximum Gasteiger partial charge on any atom is 0.141 e. The minimum Gasteiger partial charge on any atom is -0.282 e. The molecule has 3 nitrogen and oxygen atoms in total. The predicted molar refractivity (Wildman–Crippen MR) is 117 cm³/mol. The zero-order chi connectivity index (χ0) is 19.6. The number of allylic oxidation sites excluding steroid dienone is 1. The van der Waals surface area contributed by atoms with Gasteiger partial charge in [0, 0.05) is 34.3 Å². The Morgan fingerprint density at radius 2 is 1.66 bits per heavy atom. The van der Waals surface area contributed by atoms with Gasteiger partial charge in [-0.05, 0) is 81.7 Å². The van der Waals surface area contributed by atoms with Gasteiger partial charge in [-0.1, -0.05) is 29.8 Å². The first-order valence-electron chi connectivity index (χ1n) is 9.50. The minimum absolute atomic E-state index is 0.0798. The number of hydrogen-bond acceptors (Lipinski definition) is 3. The first-order chi connectivity index (χ1) is 14.3. The van der Waals surface area contributed by atoms with Crippen molar-refractivity contribution in [1.29, 1.82) is 0 Å². The number of aromatic nitrogens is 1. The van der Waals surface area contributed by atoms with Gasteiger partial charge in [-0.15, -0.1) is 0 Å². The van der Waals surface area contributed by atoms with E-state index >= 15 is 0 Å². The Morgan fingerprint density at radius 1 is 0.862 bits per heavy atom. The summed E-state index contributed by atoms with van der Waals surface area (Å²) in [5.74, 6) is 3.94. The predicted octanol–water partition coefficient (Wildman–Crippen LogP) is 5.06. The summed E-state index contributed by atoms with van der Waals surface area (Å²) in [6, 6.07) is 13.6. The molecule has 0 N–H and O–H groups in total. The third-order valence-corrected chi connectivity index (χ3v) is 5.21. The van der Waals surface area contributed by atoms with E-state index in [1.807, 2.05) is 55.3 Å². The number of halogens is 1. The van der Waals surface area contributed by atoms with Gasteiger partial charge in [-0.2, -0.15) is 0 Å². The summed E-state index contributed by atoms with van der Waals surface area (Å²) < 4.78 is 0. The summed E-state index contributed by atoms with van der Waals surface area (Å²) in [6.45, 7) is 0. The molecule has 0 amide bonds. The van der Waals surface area contributed by atoms with E-state index in [4.69, 9.17) is 16.6 Å². The van der Waals surface area contributed by atoms with Crippen LogP contribution in [-0.4, -0.2) is 16.9 Å². The lowest BCUT2D eigenvalue weighted by Crippen LogP contribution is -2.39. The highest BCUT2D eigenvalue weighted by molar-refractivity contribution is 6.31. The van der Waals surface area contributed by atoms with Crippen molar-refractivity contribution in [3.63, 3.8) is 0 Å². The second-order valence-electron chi connectivity index (χ2n) is 6.87. The Labute approximate surface area is 178 Å². The van der Waals surface area contributed by atoms with Crippen LogP contribution in [0.1, 0.15) is 5.56 Å². The molecule has 29 heavy (non-hydrogen) atoms. The van der Waals surface area contributed by atoms with Crippen molar-refractivity contribution in [2.45, 2.75) is 6.04 Å². The third kappa shape index (κ3) is 3.85. The monoisotopic (exact) mass is 395 g/mol.